The zero-order chi connectivity index (χ0) is 11.0. The highest BCUT2D eigenvalue weighted by Crippen LogP contribution is 2.27. The second kappa shape index (κ2) is 3.77. The van der Waals surface area contributed by atoms with Gasteiger partial charge in [-0.3, -0.25) is 0 Å². The predicted octanol–water partition coefficient (Wildman–Crippen LogP) is 3.36. The van der Waals surface area contributed by atoms with Gasteiger partial charge in [0.1, 0.15) is 0 Å². The quantitative estimate of drug-likeness (QED) is 0.694. The molecule has 2 heterocycles. The Morgan fingerprint density at radius 3 is 2.88 bits per heavy atom. The summed E-state index contributed by atoms with van der Waals surface area (Å²) in [6.07, 6.45) is 0. The Morgan fingerprint density at radius 2 is 2.12 bits per heavy atom. The van der Waals surface area contributed by atoms with E-state index in [1.54, 1.807) is 11.3 Å². The van der Waals surface area contributed by atoms with Crippen LogP contribution in [0.4, 0.5) is 0 Å². The predicted molar refractivity (Wildman–Crippen MR) is 69.5 cm³/mol. The van der Waals surface area contributed by atoms with Crippen molar-refractivity contribution in [2.75, 3.05) is 0 Å². The molecule has 3 heteroatoms. The number of hydrogen-bond donors (Lipinski definition) is 2. The number of thiophene rings is 1. The Balaban J connectivity index is 2.16. The summed E-state index contributed by atoms with van der Waals surface area (Å²) in [7, 11) is 0. The number of hydrogen-bond acceptors (Lipinski definition) is 2. The van der Waals surface area contributed by atoms with Crippen molar-refractivity contribution in [3.05, 3.63) is 47.3 Å². The minimum atomic E-state index is 0.593. The van der Waals surface area contributed by atoms with Crippen LogP contribution < -0.4 is 5.73 Å². The molecular weight excluding hydrogens is 216 g/mol. The van der Waals surface area contributed by atoms with Gasteiger partial charge in [0.05, 0.1) is 10.6 Å². The van der Waals surface area contributed by atoms with Crippen LogP contribution in [0.5, 0.6) is 0 Å². The molecule has 0 saturated heterocycles. The molecule has 0 aliphatic rings. The Morgan fingerprint density at radius 1 is 1.19 bits per heavy atom. The molecule has 0 fully saturated rings. The van der Waals surface area contributed by atoms with Gasteiger partial charge in [-0.2, -0.15) is 0 Å². The molecule has 3 N–H and O–H groups in total. The van der Waals surface area contributed by atoms with Crippen molar-refractivity contribution in [2.45, 2.75) is 6.54 Å². The van der Waals surface area contributed by atoms with Crippen molar-refractivity contribution in [3.8, 4) is 10.6 Å². The molecule has 3 aromatic rings. The third-order valence-electron chi connectivity index (χ3n) is 2.71. The van der Waals surface area contributed by atoms with E-state index < -0.39 is 0 Å². The number of aromatic amines is 1. The zero-order valence-electron chi connectivity index (χ0n) is 8.73. The van der Waals surface area contributed by atoms with Crippen LogP contribution in [0.25, 0.3) is 21.5 Å². The SMILES string of the molecule is NCc1ccc2[nH]c(-c3cccs3)cc2c1. The summed E-state index contributed by atoms with van der Waals surface area (Å²) in [5.74, 6) is 0. The Kier molecular flexibility index (Phi) is 2.27. The van der Waals surface area contributed by atoms with E-state index in [-0.39, 0.29) is 0 Å². The maximum Gasteiger partial charge on any atom is 0.0566 e. The summed E-state index contributed by atoms with van der Waals surface area (Å²) in [4.78, 5) is 4.69. The fourth-order valence-corrected chi connectivity index (χ4v) is 2.57. The van der Waals surface area contributed by atoms with Crippen LogP contribution in [-0.2, 0) is 6.54 Å². The average molecular weight is 228 g/mol. The van der Waals surface area contributed by atoms with Crippen LogP contribution in [-0.4, -0.2) is 4.98 Å². The average Bonchev–Trinajstić information content (AvgIpc) is 2.96. The van der Waals surface area contributed by atoms with E-state index in [0.717, 1.165) is 0 Å². The summed E-state index contributed by atoms with van der Waals surface area (Å²) in [6.45, 7) is 0.593. The van der Waals surface area contributed by atoms with E-state index in [1.165, 1.54) is 27.0 Å². The molecule has 0 spiro atoms. The molecule has 80 valence electrons. The standard InChI is InChI=1S/C13H12N2S/c14-8-9-3-4-11-10(6-9)7-12(15-11)13-2-1-5-16-13/h1-7,15H,8,14H2. The molecule has 16 heavy (non-hydrogen) atoms. The van der Waals surface area contributed by atoms with Gasteiger partial charge >= 0.3 is 0 Å². The number of aromatic nitrogens is 1. The lowest BCUT2D eigenvalue weighted by atomic mass is 10.1. The number of H-pyrrole nitrogens is 1. The Labute approximate surface area is 97.7 Å². The molecule has 2 aromatic heterocycles. The number of rotatable bonds is 2. The third kappa shape index (κ3) is 1.54. The fourth-order valence-electron chi connectivity index (χ4n) is 1.87. The van der Waals surface area contributed by atoms with Gasteiger partial charge in [-0.05, 0) is 35.2 Å². The van der Waals surface area contributed by atoms with Gasteiger partial charge in [-0.15, -0.1) is 11.3 Å². The van der Waals surface area contributed by atoms with Gasteiger partial charge in [0.25, 0.3) is 0 Å². The van der Waals surface area contributed by atoms with E-state index in [4.69, 9.17) is 5.73 Å². The smallest absolute Gasteiger partial charge is 0.0566 e. The highest BCUT2D eigenvalue weighted by atomic mass is 32.1. The van der Waals surface area contributed by atoms with Crippen molar-refractivity contribution in [2.24, 2.45) is 5.73 Å². The molecule has 0 atom stereocenters. The molecule has 1 aromatic carbocycles. The Hall–Kier alpha value is -1.58. The molecule has 0 aliphatic heterocycles. The molecule has 0 bridgehead atoms. The molecule has 0 unspecified atom stereocenters. The lowest BCUT2D eigenvalue weighted by molar-refractivity contribution is 1.08. The van der Waals surface area contributed by atoms with Gasteiger partial charge in [-0.25, -0.2) is 0 Å². The first-order valence-electron chi connectivity index (χ1n) is 5.22. The van der Waals surface area contributed by atoms with Crippen LogP contribution in [0.3, 0.4) is 0 Å². The number of benzene rings is 1. The van der Waals surface area contributed by atoms with Crippen LogP contribution in [0.2, 0.25) is 0 Å². The topological polar surface area (TPSA) is 41.8 Å². The minimum Gasteiger partial charge on any atom is -0.354 e. The van der Waals surface area contributed by atoms with Crippen LogP contribution in [0.15, 0.2) is 41.8 Å². The van der Waals surface area contributed by atoms with Gasteiger partial charge in [0.2, 0.25) is 0 Å². The highest BCUT2D eigenvalue weighted by Gasteiger charge is 2.04. The number of nitrogens with two attached hydrogens (primary N) is 1. The molecule has 0 amide bonds. The summed E-state index contributed by atoms with van der Waals surface area (Å²) in [5.41, 5.74) is 9.15. The summed E-state index contributed by atoms with van der Waals surface area (Å²) in [5, 5.41) is 3.32. The maximum absolute atomic E-state index is 5.63. The van der Waals surface area contributed by atoms with Gasteiger partial charge in [0, 0.05) is 17.4 Å². The van der Waals surface area contributed by atoms with E-state index in [1.807, 2.05) is 0 Å². The van der Waals surface area contributed by atoms with E-state index in [0.29, 0.717) is 6.54 Å². The molecule has 0 aliphatic carbocycles. The lowest BCUT2D eigenvalue weighted by Crippen LogP contribution is -1.94. The fraction of sp³-hybridized carbons (Fsp3) is 0.0769. The number of nitrogens with one attached hydrogen (secondary N) is 1. The first-order valence-corrected chi connectivity index (χ1v) is 6.10. The summed E-state index contributed by atoms with van der Waals surface area (Å²) in [6, 6.07) is 12.7. The molecule has 2 nitrogen and oxygen atoms in total. The van der Waals surface area contributed by atoms with Crippen molar-refractivity contribution in [3.63, 3.8) is 0 Å². The largest absolute Gasteiger partial charge is 0.354 e. The van der Waals surface area contributed by atoms with Crippen molar-refractivity contribution in [1.29, 1.82) is 0 Å². The first kappa shape index (κ1) is 9.63. The Bertz CT molecular complexity index is 608. The van der Waals surface area contributed by atoms with Crippen molar-refractivity contribution >= 4 is 22.2 Å². The van der Waals surface area contributed by atoms with Crippen LogP contribution in [0, 0.1) is 0 Å². The van der Waals surface area contributed by atoms with E-state index in [9.17, 15) is 0 Å². The van der Waals surface area contributed by atoms with E-state index >= 15 is 0 Å². The van der Waals surface area contributed by atoms with Gasteiger partial charge < -0.3 is 10.7 Å². The molecule has 0 radical (unpaired) electrons. The second-order valence-corrected chi connectivity index (χ2v) is 4.73. The minimum absolute atomic E-state index is 0.593. The van der Waals surface area contributed by atoms with Crippen LogP contribution in [0.1, 0.15) is 5.56 Å². The maximum atomic E-state index is 5.63. The first-order chi connectivity index (χ1) is 7.86. The van der Waals surface area contributed by atoms with Gasteiger partial charge in [0.15, 0.2) is 0 Å². The lowest BCUT2D eigenvalue weighted by Gasteiger charge is -1.94. The van der Waals surface area contributed by atoms with Crippen molar-refractivity contribution < 1.29 is 0 Å². The molecular formula is C13H12N2S. The normalized spacial score (nSPS) is 11.1. The third-order valence-corrected chi connectivity index (χ3v) is 3.61. The van der Waals surface area contributed by atoms with Gasteiger partial charge in [-0.1, -0.05) is 12.1 Å². The zero-order valence-corrected chi connectivity index (χ0v) is 9.55. The second-order valence-electron chi connectivity index (χ2n) is 3.79. The van der Waals surface area contributed by atoms with E-state index in [2.05, 4.69) is 46.8 Å². The summed E-state index contributed by atoms with van der Waals surface area (Å²) < 4.78 is 0. The summed E-state index contributed by atoms with van der Waals surface area (Å²) >= 11 is 1.75. The van der Waals surface area contributed by atoms with Crippen molar-refractivity contribution in [1.82, 2.24) is 4.98 Å². The highest BCUT2D eigenvalue weighted by molar-refractivity contribution is 7.13. The molecule has 0 saturated carbocycles. The number of fused-ring (bicyclic) bond motifs is 1. The van der Waals surface area contributed by atoms with Crippen LogP contribution >= 0.6 is 11.3 Å². The monoisotopic (exact) mass is 228 g/mol. The molecule has 3 rings (SSSR count).